The second-order valence-electron chi connectivity index (χ2n) is 4.69. The molecule has 3 N–H and O–H groups in total. The number of carbonyl (C=O) groups is 1. The zero-order valence-electron chi connectivity index (χ0n) is 13.4. The van der Waals surface area contributed by atoms with Crippen molar-refractivity contribution >= 4 is 17.3 Å². The van der Waals surface area contributed by atoms with Crippen molar-refractivity contribution in [3.8, 4) is 0 Å². The standard InChI is InChI=1S/C15H24N6O/c1-4-17-12(2)14(11-16)20-13(3)15(22)18-7-5-9-21-10-6-8-19-21/h6,8,10-11H,4-5,7,9,16H2,1-3H3,(H,18,22)/b14-11+,17-12-,20-13+. The second kappa shape index (κ2) is 9.49. The van der Waals surface area contributed by atoms with E-state index in [1.165, 1.54) is 6.20 Å². The minimum absolute atomic E-state index is 0.205. The molecule has 0 aliphatic carbocycles. The van der Waals surface area contributed by atoms with Gasteiger partial charge in [-0.15, -0.1) is 0 Å². The number of hydrogen-bond donors (Lipinski definition) is 2. The molecular formula is C15H24N6O. The molecule has 0 saturated heterocycles. The molecule has 0 aromatic carbocycles. The lowest BCUT2D eigenvalue weighted by Crippen LogP contribution is -2.31. The van der Waals surface area contributed by atoms with Gasteiger partial charge in [-0.3, -0.25) is 14.5 Å². The number of nitrogens with one attached hydrogen (secondary N) is 1. The number of aromatic nitrogens is 2. The topological polar surface area (TPSA) is 97.7 Å². The summed E-state index contributed by atoms with van der Waals surface area (Å²) in [6, 6.07) is 1.87. The largest absolute Gasteiger partial charge is 0.403 e. The fraction of sp³-hybridized carbons (Fsp3) is 0.467. The van der Waals surface area contributed by atoms with Crippen molar-refractivity contribution in [2.75, 3.05) is 13.1 Å². The smallest absolute Gasteiger partial charge is 0.265 e. The second-order valence-corrected chi connectivity index (χ2v) is 4.69. The summed E-state index contributed by atoms with van der Waals surface area (Å²) in [6.45, 7) is 7.39. The molecule has 0 radical (unpaired) electrons. The van der Waals surface area contributed by atoms with Gasteiger partial charge in [-0.1, -0.05) is 0 Å². The third kappa shape index (κ3) is 5.90. The van der Waals surface area contributed by atoms with Gasteiger partial charge in [0, 0.05) is 38.2 Å². The Hall–Kier alpha value is -2.44. The monoisotopic (exact) mass is 304 g/mol. The molecular weight excluding hydrogens is 280 g/mol. The van der Waals surface area contributed by atoms with Crippen LogP contribution in [-0.2, 0) is 11.3 Å². The highest BCUT2D eigenvalue weighted by Crippen LogP contribution is 2.00. The average molecular weight is 304 g/mol. The number of amides is 1. The van der Waals surface area contributed by atoms with Crippen molar-refractivity contribution in [3.05, 3.63) is 30.4 Å². The predicted octanol–water partition coefficient (Wildman–Crippen LogP) is 1.13. The van der Waals surface area contributed by atoms with E-state index in [4.69, 9.17) is 5.73 Å². The fourth-order valence-electron chi connectivity index (χ4n) is 1.79. The van der Waals surface area contributed by atoms with Crippen molar-refractivity contribution in [1.82, 2.24) is 15.1 Å². The molecule has 7 heteroatoms. The first-order valence-electron chi connectivity index (χ1n) is 7.32. The Balaban J connectivity index is 2.46. The molecule has 0 aliphatic heterocycles. The summed E-state index contributed by atoms with van der Waals surface area (Å²) in [7, 11) is 0. The number of hydrogen-bond acceptors (Lipinski definition) is 5. The maximum Gasteiger partial charge on any atom is 0.265 e. The molecule has 1 heterocycles. The number of allylic oxidation sites excluding steroid dienone is 1. The van der Waals surface area contributed by atoms with Crippen molar-refractivity contribution in [1.29, 1.82) is 0 Å². The Labute approximate surface area is 131 Å². The van der Waals surface area contributed by atoms with Gasteiger partial charge in [-0.25, -0.2) is 4.99 Å². The summed E-state index contributed by atoms with van der Waals surface area (Å²) in [6.07, 6.45) is 5.79. The van der Waals surface area contributed by atoms with Gasteiger partial charge >= 0.3 is 0 Å². The van der Waals surface area contributed by atoms with Crippen LogP contribution in [0, 0.1) is 0 Å². The van der Waals surface area contributed by atoms with Crippen molar-refractivity contribution in [2.45, 2.75) is 33.7 Å². The van der Waals surface area contributed by atoms with E-state index in [1.54, 1.807) is 13.1 Å². The molecule has 0 bridgehead atoms. The summed E-state index contributed by atoms with van der Waals surface area (Å²) >= 11 is 0. The first kappa shape index (κ1) is 17.6. The highest BCUT2D eigenvalue weighted by molar-refractivity contribution is 6.38. The van der Waals surface area contributed by atoms with E-state index < -0.39 is 0 Å². The number of rotatable bonds is 8. The van der Waals surface area contributed by atoms with E-state index in [0.29, 0.717) is 24.5 Å². The number of nitrogens with zero attached hydrogens (tertiary/aromatic N) is 4. The number of nitrogens with two attached hydrogens (primary N) is 1. The Morgan fingerprint density at radius 3 is 2.77 bits per heavy atom. The summed E-state index contributed by atoms with van der Waals surface area (Å²) in [4.78, 5) is 20.4. The van der Waals surface area contributed by atoms with Crippen LogP contribution in [0.2, 0.25) is 0 Å². The van der Waals surface area contributed by atoms with Crippen LogP contribution in [0.4, 0.5) is 0 Å². The van der Waals surface area contributed by atoms with E-state index in [9.17, 15) is 4.79 Å². The molecule has 1 aromatic rings. The van der Waals surface area contributed by atoms with E-state index >= 15 is 0 Å². The van der Waals surface area contributed by atoms with Crippen molar-refractivity contribution in [2.24, 2.45) is 15.7 Å². The molecule has 0 spiro atoms. The van der Waals surface area contributed by atoms with Gasteiger partial charge in [0.25, 0.3) is 5.91 Å². The van der Waals surface area contributed by atoms with Crippen LogP contribution in [0.15, 0.2) is 40.3 Å². The minimum atomic E-state index is -0.205. The molecule has 1 amide bonds. The van der Waals surface area contributed by atoms with Crippen molar-refractivity contribution < 1.29 is 4.79 Å². The molecule has 22 heavy (non-hydrogen) atoms. The third-order valence-corrected chi connectivity index (χ3v) is 2.95. The molecule has 7 nitrogen and oxygen atoms in total. The van der Waals surface area contributed by atoms with E-state index in [2.05, 4.69) is 20.4 Å². The summed E-state index contributed by atoms with van der Waals surface area (Å²) < 4.78 is 1.83. The van der Waals surface area contributed by atoms with Gasteiger partial charge in [-0.2, -0.15) is 5.10 Å². The fourth-order valence-corrected chi connectivity index (χ4v) is 1.79. The van der Waals surface area contributed by atoms with E-state index in [-0.39, 0.29) is 5.91 Å². The maximum atomic E-state index is 12.0. The first-order valence-corrected chi connectivity index (χ1v) is 7.32. The molecule has 0 fully saturated rings. The maximum absolute atomic E-state index is 12.0. The SMILES string of the molecule is CC\N=C(C)/C(=C\N)/N=C(\C)C(=O)NCCCn1cccn1. The molecule has 0 aliphatic rings. The van der Waals surface area contributed by atoms with Crippen LogP contribution in [-0.4, -0.2) is 40.2 Å². The van der Waals surface area contributed by atoms with Gasteiger partial charge in [0.05, 0.1) is 11.4 Å². The molecule has 0 atom stereocenters. The molecule has 0 unspecified atom stereocenters. The van der Waals surface area contributed by atoms with Crippen LogP contribution in [0.1, 0.15) is 27.2 Å². The van der Waals surface area contributed by atoms with Crippen molar-refractivity contribution in [3.63, 3.8) is 0 Å². The van der Waals surface area contributed by atoms with Crippen LogP contribution >= 0.6 is 0 Å². The zero-order valence-corrected chi connectivity index (χ0v) is 13.4. The van der Waals surface area contributed by atoms with Crippen LogP contribution in [0.3, 0.4) is 0 Å². The lowest BCUT2D eigenvalue weighted by Gasteiger charge is -2.06. The normalized spacial score (nSPS) is 13.3. The average Bonchev–Trinajstić information content (AvgIpc) is 3.02. The molecule has 1 aromatic heterocycles. The highest BCUT2D eigenvalue weighted by Gasteiger charge is 2.07. The van der Waals surface area contributed by atoms with Gasteiger partial charge in [0.15, 0.2) is 0 Å². The lowest BCUT2D eigenvalue weighted by molar-refractivity contribution is -0.114. The number of carbonyl (C=O) groups excluding carboxylic acids is 1. The highest BCUT2D eigenvalue weighted by atomic mass is 16.1. The molecule has 1 rings (SSSR count). The quantitative estimate of drug-likeness (QED) is 0.556. The predicted molar refractivity (Wildman–Crippen MR) is 88.9 cm³/mol. The van der Waals surface area contributed by atoms with Gasteiger partial charge in [0.1, 0.15) is 5.71 Å². The number of aryl methyl sites for hydroxylation is 1. The lowest BCUT2D eigenvalue weighted by atomic mass is 10.3. The van der Waals surface area contributed by atoms with E-state index in [0.717, 1.165) is 18.7 Å². The number of aliphatic imine (C=N–C) groups is 2. The Morgan fingerprint density at radius 1 is 1.41 bits per heavy atom. The first-order chi connectivity index (χ1) is 10.6. The minimum Gasteiger partial charge on any atom is -0.403 e. The van der Waals surface area contributed by atoms with Gasteiger partial charge in [0.2, 0.25) is 0 Å². The third-order valence-electron chi connectivity index (χ3n) is 2.95. The van der Waals surface area contributed by atoms with Crippen LogP contribution in [0.5, 0.6) is 0 Å². The summed E-state index contributed by atoms with van der Waals surface area (Å²) in [5.41, 5.74) is 7.14. The Morgan fingerprint density at radius 2 is 2.18 bits per heavy atom. The van der Waals surface area contributed by atoms with Crippen LogP contribution in [0.25, 0.3) is 0 Å². The van der Waals surface area contributed by atoms with Gasteiger partial charge < -0.3 is 11.1 Å². The Kier molecular flexibility index (Phi) is 7.60. The molecule has 120 valence electrons. The molecule has 0 saturated carbocycles. The van der Waals surface area contributed by atoms with Crippen LogP contribution < -0.4 is 11.1 Å². The Bertz CT molecular complexity index is 557. The zero-order chi connectivity index (χ0) is 16.4. The summed E-state index contributed by atoms with van der Waals surface area (Å²) in [5, 5.41) is 6.93. The van der Waals surface area contributed by atoms with E-state index in [1.807, 2.05) is 30.8 Å². The summed E-state index contributed by atoms with van der Waals surface area (Å²) in [5.74, 6) is -0.205. The van der Waals surface area contributed by atoms with Gasteiger partial charge in [-0.05, 0) is 33.3 Å².